The van der Waals surface area contributed by atoms with E-state index in [0.717, 1.165) is 16.6 Å². The van der Waals surface area contributed by atoms with Gasteiger partial charge in [-0.3, -0.25) is 9.59 Å². The third-order valence-corrected chi connectivity index (χ3v) is 3.62. The molecule has 1 aromatic heterocycles. The van der Waals surface area contributed by atoms with E-state index in [1.165, 1.54) is 0 Å². The first-order valence-corrected chi connectivity index (χ1v) is 6.99. The Bertz CT molecular complexity index is 661. The summed E-state index contributed by atoms with van der Waals surface area (Å²) in [7, 11) is 1.71. The van der Waals surface area contributed by atoms with Crippen LogP contribution in [0.3, 0.4) is 0 Å². The summed E-state index contributed by atoms with van der Waals surface area (Å²) in [6.07, 6.45) is 0.562. The molecule has 0 bridgehead atoms. The van der Waals surface area contributed by atoms with Crippen LogP contribution in [0, 0.1) is 6.92 Å². The molecule has 0 unspecified atom stereocenters. The average molecular weight is 288 g/mol. The molecular formula is C16H20N2O3. The Labute approximate surface area is 123 Å². The zero-order chi connectivity index (χ0) is 15.4. The molecule has 2 rings (SSSR count). The van der Waals surface area contributed by atoms with Crippen LogP contribution in [-0.4, -0.2) is 40.0 Å². The van der Waals surface area contributed by atoms with Gasteiger partial charge in [-0.2, -0.15) is 0 Å². The van der Waals surface area contributed by atoms with E-state index in [1.54, 1.807) is 11.9 Å². The number of carbonyl (C=O) groups is 2. The fourth-order valence-electron chi connectivity index (χ4n) is 2.41. The number of carboxylic acid groups (broad SMARTS) is 1. The molecule has 1 aromatic carbocycles. The van der Waals surface area contributed by atoms with Gasteiger partial charge in [-0.15, -0.1) is 0 Å². The lowest BCUT2D eigenvalue weighted by Gasteiger charge is -2.18. The molecule has 0 aliphatic heterocycles. The summed E-state index contributed by atoms with van der Waals surface area (Å²) < 4.78 is 1.99. The van der Waals surface area contributed by atoms with E-state index in [2.05, 4.69) is 6.07 Å². The van der Waals surface area contributed by atoms with Gasteiger partial charge in [-0.1, -0.05) is 18.2 Å². The minimum atomic E-state index is -0.830. The van der Waals surface area contributed by atoms with Crippen LogP contribution >= 0.6 is 0 Å². The monoisotopic (exact) mass is 288 g/mol. The summed E-state index contributed by atoms with van der Waals surface area (Å²) in [4.78, 5) is 24.3. The van der Waals surface area contributed by atoms with Gasteiger partial charge in [0.25, 0.3) is 0 Å². The average Bonchev–Trinajstić information content (AvgIpc) is 2.74. The van der Waals surface area contributed by atoms with Crippen LogP contribution < -0.4 is 0 Å². The molecule has 0 atom stereocenters. The van der Waals surface area contributed by atoms with E-state index in [0.29, 0.717) is 13.0 Å². The molecule has 21 heavy (non-hydrogen) atoms. The molecule has 1 heterocycles. The van der Waals surface area contributed by atoms with E-state index in [-0.39, 0.29) is 18.9 Å². The first-order valence-electron chi connectivity index (χ1n) is 6.99. The number of benzene rings is 1. The van der Waals surface area contributed by atoms with Gasteiger partial charge in [0.2, 0.25) is 5.91 Å². The maximum Gasteiger partial charge on any atom is 0.303 e. The van der Waals surface area contributed by atoms with Crippen molar-refractivity contribution in [2.45, 2.75) is 26.3 Å². The highest BCUT2D eigenvalue weighted by molar-refractivity contribution is 5.84. The molecular weight excluding hydrogens is 268 g/mol. The minimum absolute atomic E-state index is 0.00941. The molecule has 0 fully saturated rings. The second-order valence-corrected chi connectivity index (χ2v) is 5.24. The van der Waals surface area contributed by atoms with Gasteiger partial charge in [0.15, 0.2) is 0 Å². The number of aromatic nitrogens is 1. The quantitative estimate of drug-likeness (QED) is 0.887. The Morgan fingerprint density at radius 3 is 2.71 bits per heavy atom. The number of aryl methyl sites for hydroxylation is 1. The van der Waals surface area contributed by atoms with Crippen molar-refractivity contribution < 1.29 is 14.7 Å². The van der Waals surface area contributed by atoms with E-state index >= 15 is 0 Å². The largest absolute Gasteiger partial charge is 0.481 e. The zero-order valence-corrected chi connectivity index (χ0v) is 12.4. The molecule has 112 valence electrons. The van der Waals surface area contributed by atoms with Crippen LogP contribution in [0.1, 0.15) is 18.5 Å². The van der Waals surface area contributed by atoms with Gasteiger partial charge in [0.1, 0.15) is 6.54 Å². The standard InChI is InChI=1S/C16H20N2O3/c1-12-10-13-6-3-4-7-14(13)18(12)11-15(19)17(2)9-5-8-16(20)21/h3-4,6-7,10H,5,8-9,11H2,1-2H3,(H,20,21). The van der Waals surface area contributed by atoms with Gasteiger partial charge in [-0.25, -0.2) is 0 Å². The van der Waals surface area contributed by atoms with Gasteiger partial charge in [0.05, 0.1) is 0 Å². The topological polar surface area (TPSA) is 62.5 Å². The number of rotatable bonds is 6. The number of hydrogen-bond acceptors (Lipinski definition) is 2. The lowest BCUT2D eigenvalue weighted by Crippen LogP contribution is -2.31. The SMILES string of the molecule is Cc1cc2ccccc2n1CC(=O)N(C)CCCC(=O)O. The number of carboxylic acids is 1. The Hall–Kier alpha value is -2.30. The highest BCUT2D eigenvalue weighted by Crippen LogP contribution is 2.19. The normalized spacial score (nSPS) is 10.8. The molecule has 5 nitrogen and oxygen atoms in total. The van der Waals surface area contributed by atoms with E-state index in [4.69, 9.17) is 5.11 Å². The first-order chi connectivity index (χ1) is 9.99. The summed E-state index contributed by atoms with van der Waals surface area (Å²) in [6.45, 7) is 2.73. The number of amides is 1. The third-order valence-electron chi connectivity index (χ3n) is 3.62. The van der Waals surface area contributed by atoms with E-state index in [9.17, 15) is 9.59 Å². The van der Waals surface area contributed by atoms with Crippen molar-refractivity contribution >= 4 is 22.8 Å². The second-order valence-electron chi connectivity index (χ2n) is 5.24. The summed E-state index contributed by atoms with van der Waals surface area (Å²) in [6, 6.07) is 10.0. The molecule has 0 saturated carbocycles. The molecule has 0 aliphatic carbocycles. The summed E-state index contributed by atoms with van der Waals surface area (Å²) in [5.74, 6) is -0.840. The summed E-state index contributed by atoms with van der Waals surface area (Å²) in [5, 5.41) is 9.74. The molecule has 1 amide bonds. The predicted octanol–water partition coefficient (Wildman–Crippen LogP) is 2.27. The number of likely N-dealkylation sites (N-methyl/N-ethyl adjacent to an activating group) is 1. The minimum Gasteiger partial charge on any atom is -0.481 e. The fraction of sp³-hybridized carbons (Fsp3) is 0.375. The van der Waals surface area contributed by atoms with Crippen LogP contribution in [0.4, 0.5) is 0 Å². The first kappa shape index (κ1) is 15.1. The van der Waals surface area contributed by atoms with Crippen molar-refractivity contribution in [1.29, 1.82) is 0 Å². The molecule has 5 heteroatoms. The summed E-state index contributed by atoms with van der Waals surface area (Å²) >= 11 is 0. The molecule has 1 N–H and O–H groups in total. The maximum atomic E-state index is 12.2. The Morgan fingerprint density at radius 2 is 2.00 bits per heavy atom. The van der Waals surface area contributed by atoms with Crippen LogP contribution in [0.2, 0.25) is 0 Å². The van der Waals surface area contributed by atoms with Crippen molar-refractivity contribution in [3.63, 3.8) is 0 Å². The van der Waals surface area contributed by atoms with E-state index < -0.39 is 5.97 Å². The van der Waals surface area contributed by atoms with Crippen LogP contribution in [0.5, 0.6) is 0 Å². The van der Waals surface area contributed by atoms with E-state index in [1.807, 2.05) is 35.8 Å². The molecule has 0 radical (unpaired) electrons. The number of aliphatic carboxylic acids is 1. The van der Waals surface area contributed by atoms with Crippen LogP contribution in [0.25, 0.3) is 10.9 Å². The van der Waals surface area contributed by atoms with Crippen molar-refractivity contribution in [3.05, 3.63) is 36.0 Å². The molecule has 0 spiro atoms. The lowest BCUT2D eigenvalue weighted by atomic mass is 10.2. The lowest BCUT2D eigenvalue weighted by molar-refractivity contribution is -0.138. The number of hydrogen-bond donors (Lipinski definition) is 1. The second kappa shape index (κ2) is 6.43. The smallest absolute Gasteiger partial charge is 0.303 e. The number of nitrogens with zero attached hydrogens (tertiary/aromatic N) is 2. The maximum absolute atomic E-state index is 12.2. The van der Waals surface area contributed by atoms with Gasteiger partial charge < -0.3 is 14.6 Å². The number of fused-ring (bicyclic) bond motifs is 1. The van der Waals surface area contributed by atoms with Gasteiger partial charge >= 0.3 is 5.97 Å². The fourth-order valence-corrected chi connectivity index (χ4v) is 2.41. The van der Waals surface area contributed by atoms with Gasteiger partial charge in [0, 0.05) is 31.2 Å². The third kappa shape index (κ3) is 3.62. The number of carbonyl (C=O) groups excluding carboxylic acids is 1. The van der Waals surface area contributed by atoms with Crippen molar-refractivity contribution in [3.8, 4) is 0 Å². The van der Waals surface area contributed by atoms with Crippen LogP contribution in [0.15, 0.2) is 30.3 Å². The summed E-state index contributed by atoms with van der Waals surface area (Å²) in [5.41, 5.74) is 2.09. The van der Waals surface area contributed by atoms with Crippen molar-refractivity contribution in [2.75, 3.05) is 13.6 Å². The highest BCUT2D eigenvalue weighted by atomic mass is 16.4. The van der Waals surface area contributed by atoms with Gasteiger partial charge in [-0.05, 0) is 30.9 Å². The molecule has 2 aromatic rings. The number of para-hydroxylation sites is 1. The Balaban J connectivity index is 2.04. The van der Waals surface area contributed by atoms with Crippen molar-refractivity contribution in [2.24, 2.45) is 0 Å². The Kier molecular flexibility index (Phi) is 4.62. The highest BCUT2D eigenvalue weighted by Gasteiger charge is 2.13. The zero-order valence-electron chi connectivity index (χ0n) is 12.4. The molecule has 0 saturated heterocycles. The predicted molar refractivity (Wildman–Crippen MR) is 81.2 cm³/mol. The molecule has 0 aliphatic rings. The Morgan fingerprint density at radius 1 is 1.29 bits per heavy atom. The van der Waals surface area contributed by atoms with Crippen LogP contribution in [-0.2, 0) is 16.1 Å². The van der Waals surface area contributed by atoms with Crippen molar-refractivity contribution in [1.82, 2.24) is 9.47 Å².